The summed E-state index contributed by atoms with van der Waals surface area (Å²) in [6.07, 6.45) is 1.04. The van der Waals surface area contributed by atoms with E-state index in [-0.39, 0.29) is 6.04 Å². The Kier molecular flexibility index (Phi) is 6.94. The Labute approximate surface area is 184 Å². The number of para-hydroxylation sites is 1. The maximum Gasteiger partial charge on any atom is 0.198 e. The molecule has 166 valence electrons. The van der Waals surface area contributed by atoms with Gasteiger partial charge < -0.3 is 24.4 Å². The molecule has 2 aliphatic heterocycles. The van der Waals surface area contributed by atoms with E-state index in [1.54, 1.807) is 14.2 Å². The van der Waals surface area contributed by atoms with E-state index in [0.29, 0.717) is 0 Å². The van der Waals surface area contributed by atoms with Crippen molar-refractivity contribution in [2.75, 3.05) is 65.6 Å². The molecule has 2 aromatic rings. The standard InChI is InChI=1S/C24H32N4O3/c1-25-24(28-11-10-18-6-4-5-7-20(18)28)26-17-21(27-12-14-31-15-13-27)19-8-9-22(29-2)23(16-19)30-3/h4-9,16,21H,10-15,17H2,1-3H3,(H,25,26). The first-order valence-corrected chi connectivity index (χ1v) is 10.8. The van der Waals surface area contributed by atoms with Gasteiger partial charge in [0.25, 0.3) is 0 Å². The topological polar surface area (TPSA) is 58.6 Å². The predicted octanol–water partition coefficient (Wildman–Crippen LogP) is 2.72. The van der Waals surface area contributed by atoms with Gasteiger partial charge in [-0.15, -0.1) is 0 Å². The summed E-state index contributed by atoms with van der Waals surface area (Å²) < 4.78 is 16.6. The lowest BCUT2D eigenvalue weighted by atomic mass is 10.0. The van der Waals surface area contributed by atoms with Crippen LogP contribution in [-0.2, 0) is 11.2 Å². The number of morpholine rings is 1. The van der Waals surface area contributed by atoms with Crippen LogP contribution in [0.15, 0.2) is 47.5 Å². The largest absolute Gasteiger partial charge is 0.493 e. The van der Waals surface area contributed by atoms with Crippen LogP contribution in [0.5, 0.6) is 11.5 Å². The van der Waals surface area contributed by atoms with E-state index in [9.17, 15) is 0 Å². The highest BCUT2D eigenvalue weighted by atomic mass is 16.5. The Morgan fingerprint density at radius 2 is 1.84 bits per heavy atom. The van der Waals surface area contributed by atoms with Crippen LogP contribution in [0.1, 0.15) is 17.2 Å². The average molecular weight is 425 g/mol. The summed E-state index contributed by atoms with van der Waals surface area (Å²) in [6, 6.07) is 14.9. The van der Waals surface area contributed by atoms with Crippen LogP contribution in [0.2, 0.25) is 0 Å². The summed E-state index contributed by atoms with van der Waals surface area (Å²) in [5.41, 5.74) is 3.80. The third-order valence-electron chi connectivity index (χ3n) is 6.09. The highest BCUT2D eigenvalue weighted by molar-refractivity contribution is 5.97. The van der Waals surface area contributed by atoms with Crippen molar-refractivity contribution in [1.29, 1.82) is 0 Å². The molecule has 1 atom stereocenters. The predicted molar refractivity (Wildman–Crippen MR) is 124 cm³/mol. The van der Waals surface area contributed by atoms with Gasteiger partial charge in [-0.05, 0) is 35.7 Å². The van der Waals surface area contributed by atoms with Crippen molar-refractivity contribution in [3.63, 3.8) is 0 Å². The molecule has 7 nitrogen and oxygen atoms in total. The number of anilines is 1. The van der Waals surface area contributed by atoms with Crippen LogP contribution < -0.4 is 19.7 Å². The van der Waals surface area contributed by atoms with E-state index in [0.717, 1.165) is 63.3 Å². The number of fused-ring (bicyclic) bond motifs is 1. The van der Waals surface area contributed by atoms with E-state index in [1.165, 1.54) is 16.8 Å². The van der Waals surface area contributed by atoms with Gasteiger partial charge in [0.15, 0.2) is 17.5 Å². The zero-order valence-electron chi connectivity index (χ0n) is 18.6. The third-order valence-corrected chi connectivity index (χ3v) is 6.09. The van der Waals surface area contributed by atoms with E-state index in [1.807, 2.05) is 13.1 Å². The van der Waals surface area contributed by atoms with Crippen molar-refractivity contribution in [1.82, 2.24) is 10.2 Å². The van der Waals surface area contributed by atoms with Gasteiger partial charge in [-0.2, -0.15) is 0 Å². The maximum absolute atomic E-state index is 5.60. The number of benzene rings is 2. The number of rotatable bonds is 6. The first kappa shape index (κ1) is 21.5. The van der Waals surface area contributed by atoms with Crippen molar-refractivity contribution in [3.8, 4) is 11.5 Å². The highest BCUT2D eigenvalue weighted by Gasteiger charge is 2.27. The van der Waals surface area contributed by atoms with E-state index >= 15 is 0 Å². The number of nitrogens with one attached hydrogen (secondary N) is 1. The smallest absolute Gasteiger partial charge is 0.198 e. The molecule has 1 unspecified atom stereocenters. The van der Waals surface area contributed by atoms with Gasteiger partial charge in [-0.1, -0.05) is 24.3 Å². The second-order valence-electron chi connectivity index (χ2n) is 7.74. The minimum atomic E-state index is 0.165. The Morgan fingerprint density at radius 1 is 1.06 bits per heavy atom. The van der Waals surface area contributed by atoms with Gasteiger partial charge in [0.05, 0.1) is 33.5 Å². The third kappa shape index (κ3) is 4.62. The Bertz CT molecular complexity index is 911. The van der Waals surface area contributed by atoms with Crippen LogP contribution in [0.4, 0.5) is 5.69 Å². The molecular weight excluding hydrogens is 392 g/mol. The molecule has 0 aliphatic carbocycles. The molecule has 1 saturated heterocycles. The number of guanidine groups is 1. The molecule has 0 saturated carbocycles. The number of hydrogen-bond acceptors (Lipinski definition) is 5. The molecular formula is C24H32N4O3. The SMILES string of the molecule is CN=C(NCC(c1ccc(OC)c(OC)c1)N1CCOCC1)N1CCc2ccccc21. The van der Waals surface area contributed by atoms with Crippen molar-refractivity contribution in [2.45, 2.75) is 12.5 Å². The molecule has 4 rings (SSSR count). The summed E-state index contributed by atoms with van der Waals surface area (Å²) >= 11 is 0. The van der Waals surface area contributed by atoms with Crippen molar-refractivity contribution >= 4 is 11.6 Å². The quantitative estimate of drug-likeness (QED) is 0.569. The van der Waals surface area contributed by atoms with Gasteiger partial charge in [0.1, 0.15) is 0 Å². The highest BCUT2D eigenvalue weighted by Crippen LogP contribution is 2.32. The van der Waals surface area contributed by atoms with E-state index in [2.05, 4.69) is 56.5 Å². The fraction of sp³-hybridized carbons (Fsp3) is 0.458. The minimum Gasteiger partial charge on any atom is -0.493 e. The van der Waals surface area contributed by atoms with Crippen LogP contribution in [0, 0.1) is 0 Å². The summed E-state index contributed by atoms with van der Waals surface area (Å²) in [6.45, 7) is 4.96. The zero-order valence-corrected chi connectivity index (χ0v) is 18.6. The number of nitrogens with zero attached hydrogens (tertiary/aromatic N) is 3. The Balaban J connectivity index is 1.55. The molecule has 1 N–H and O–H groups in total. The van der Waals surface area contributed by atoms with Crippen LogP contribution >= 0.6 is 0 Å². The van der Waals surface area contributed by atoms with Crippen molar-refractivity contribution in [3.05, 3.63) is 53.6 Å². The number of aliphatic imine (C=N–C) groups is 1. The normalized spacial score (nSPS) is 17.9. The molecule has 0 amide bonds. The van der Waals surface area contributed by atoms with Crippen molar-refractivity contribution in [2.24, 2.45) is 4.99 Å². The summed E-state index contributed by atoms with van der Waals surface area (Å²) in [7, 11) is 5.19. The first-order chi connectivity index (χ1) is 15.2. The molecule has 2 heterocycles. The number of hydrogen-bond donors (Lipinski definition) is 1. The lowest BCUT2D eigenvalue weighted by molar-refractivity contribution is 0.0169. The average Bonchev–Trinajstić information content (AvgIpc) is 3.26. The summed E-state index contributed by atoms with van der Waals surface area (Å²) in [4.78, 5) is 9.32. The molecule has 2 aromatic carbocycles. The molecule has 31 heavy (non-hydrogen) atoms. The van der Waals surface area contributed by atoms with Gasteiger partial charge in [-0.3, -0.25) is 9.89 Å². The first-order valence-electron chi connectivity index (χ1n) is 10.8. The lowest BCUT2D eigenvalue weighted by Gasteiger charge is -2.36. The van der Waals surface area contributed by atoms with Gasteiger partial charge in [0, 0.05) is 38.9 Å². The van der Waals surface area contributed by atoms with Crippen LogP contribution in [0.3, 0.4) is 0 Å². The lowest BCUT2D eigenvalue weighted by Crippen LogP contribution is -2.47. The van der Waals surface area contributed by atoms with E-state index < -0.39 is 0 Å². The van der Waals surface area contributed by atoms with Crippen LogP contribution in [-0.4, -0.2) is 71.5 Å². The Hall–Kier alpha value is -2.77. The Morgan fingerprint density at radius 3 is 2.58 bits per heavy atom. The monoisotopic (exact) mass is 424 g/mol. The fourth-order valence-electron chi connectivity index (χ4n) is 4.45. The molecule has 7 heteroatoms. The second-order valence-corrected chi connectivity index (χ2v) is 7.74. The van der Waals surface area contributed by atoms with Gasteiger partial charge in [-0.25, -0.2) is 0 Å². The fourth-order valence-corrected chi connectivity index (χ4v) is 4.45. The summed E-state index contributed by atoms with van der Waals surface area (Å²) in [5.74, 6) is 2.39. The van der Waals surface area contributed by atoms with Gasteiger partial charge >= 0.3 is 0 Å². The maximum atomic E-state index is 5.60. The zero-order chi connectivity index (χ0) is 21.6. The number of ether oxygens (including phenoxy) is 3. The molecule has 1 fully saturated rings. The molecule has 0 bridgehead atoms. The summed E-state index contributed by atoms with van der Waals surface area (Å²) in [5, 5.41) is 3.64. The molecule has 0 radical (unpaired) electrons. The van der Waals surface area contributed by atoms with Crippen LogP contribution in [0.25, 0.3) is 0 Å². The molecule has 0 spiro atoms. The van der Waals surface area contributed by atoms with Crippen molar-refractivity contribution < 1.29 is 14.2 Å². The molecule has 2 aliphatic rings. The van der Waals surface area contributed by atoms with E-state index in [4.69, 9.17) is 14.2 Å². The minimum absolute atomic E-state index is 0.165. The number of methoxy groups -OCH3 is 2. The molecule has 0 aromatic heterocycles. The van der Waals surface area contributed by atoms with Gasteiger partial charge in [0.2, 0.25) is 0 Å². The second kappa shape index (κ2) is 10.0.